The molecule has 160 valence electrons. The maximum Gasteiger partial charge on any atom is 0.234 e. The van der Waals surface area contributed by atoms with Gasteiger partial charge in [-0.3, -0.25) is 14.0 Å². The summed E-state index contributed by atoms with van der Waals surface area (Å²) in [6.07, 6.45) is 5.77. The first-order valence-electron chi connectivity index (χ1n) is 10.6. The Labute approximate surface area is 185 Å². The highest BCUT2D eigenvalue weighted by molar-refractivity contribution is 5.97. The Kier molecular flexibility index (Phi) is 5.15. The van der Waals surface area contributed by atoms with Crippen molar-refractivity contribution in [2.75, 3.05) is 11.9 Å². The molecule has 0 saturated carbocycles. The first kappa shape index (κ1) is 19.9. The largest absolute Gasteiger partial charge is 0.338 e. The van der Waals surface area contributed by atoms with Gasteiger partial charge in [-0.25, -0.2) is 9.97 Å². The molecule has 32 heavy (non-hydrogen) atoms. The van der Waals surface area contributed by atoms with Crippen LogP contribution in [0.4, 0.5) is 5.69 Å². The number of aromatic nitrogens is 3. The number of imidazole rings is 1. The Morgan fingerprint density at radius 1 is 1.12 bits per heavy atom. The molecule has 2 aromatic carbocycles. The molecule has 1 aliphatic rings. The third-order valence-electron chi connectivity index (χ3n) is 5.76. The zero-order valence-corrected chi connectivity index (χ0v) is 17.7. The lowest BCUT2D eigenvalue weighted by atomic mass is 10.1. The molecular weight excluding hydrogens is 402 g/mol. The lowest BCUT2D eigenvalue weighted by molar-refractivity contribution is -0.128. The monoisotopic (exact) mass is 425 g/mol. The molecule has 2 aromatic heterocycles. The summed E-state index contributed by atoms with van der Waals surface area (Å²) in [5.74, 6) is 0.175. The lowest BCUT2D eigenvalue weighted by Gasteiger charge is -2.17. The highest BCUT2D eigenvalue weighted by Gasteiger charge is 2.34. The minimum Gasteiger partial charge on any atom is -0.338 e. The Balaban J connectivity index is 1.22. The normalized spacial score (nSPS) is 16.0. The summed E-state index contributed by atoms with van der Waals surface area (Å²) in [7, 11) is 0. The van der Waals surface area contributed by atoms with Crippen LogP contribution in [-0.4, -0.2) is 37.6 Å². The van der Waals surface area contributed by atoms with Crippen molar-refractivity contribution in [3.63, 3.8) is 0 Å². The van der Waals surface area contributed by atoms with Crippen molar-refractivity contribution in [3.05, 3.63) is 84.3 Å². The van der Waals surface area contributed by atoms with Crippen LogP contribution in [0.15, 0.2) is 73.2 Å². The zero-order chi connectivity index (χ0) is 22.1. The number of nitrogens with zero attached hydrogens (tertiary/aromatic N) is 4. The van der Waals surface area contributed by atoms with Crippen LogP contribution in [0.5, 0.6) is 0 Å². The standard InChI is InChI=1S/C25H23N5O2/c1-17-3-5-18(6-4-17)14-30-15-20(13-23(30)31)24(32)27-21-9-7-19(8-10-21)22-16-29-12-2-11-26-25(29)28-22/h2-12,16,20H,13-15H2,1H3,(H,27,32). The Hall–Kier alpha value is -4.00. The van der Waals surface area contributed by atoms with Crippen LogP contribution in [0.25, 0.3) is 17.0 Å². The van der Waals surface area contributed by atoms with E-state index in [1.54, 1.807) is 11.1 Å². The molecule has 7 heteroatoms. The minimum atomic E-state index is -0.350. The van der Waals surface area contributed by atoms with Gasteiger partial charge in [0.25, 0.3) is 0 Å². The third-order valence-corrected chi connectivity index (χ3v) is 5.76. The van der Waals surface area contributed by atoms with Gasteiger partial charge < -0.3 is 10.2 Å². The SMILES string of the molecule is Cc1ccc(CN2CC(C(=O)Nc3ccc(-c4cn5cccnc5n4)cc3)CC2=O)cc1. The van der Waals surface area contributed by atoms with E-state index < -0.39 is 0 Å². The first-order valence-corrected chi connectivity index (χ1v) is 10.6. The molecule has 7 nitrogen and oxygen atoms in total. The van der Waals surface area contributed by atoms with Gasteiger partial charge >= 0.3 is 0 Å². The second-order valence-electron chi connectivity index (χ2n) is 8.18. The number of benzene rings is 2. The second kappa shape index (κ2) is 8.26. The van der Waals surface area contributed by atoms with Crippen molar-refractivity contribution in [1.29, 1.82) is 0 Å². The number of carbonyl (C=O) groups excluding carboxylic acids is 2. The number of amides is 2. The number of hydrogen-bond acceptors (Lipinski definition) is 4. The van der Waals surface area contributed by atoms with E-state index in [1.807, 2.05) is 78.3 Å². The van der Waals surface area contributed by atoms with E-state index in [-0.39, 0.29) is 24.2 Å². The minimum absolute atomic E-state index is 0.0153. The molecule has 1 fully saturated rings. The number of hydrogen-bond donors (Lipinski definition) is 1. The molecule has 2 amide bonds. The highest BCUT2D eigenvalue weighted by atomic mass is 16.2. The van der Waals surface area contributed by atoms with E-state index >= 15 is 0 Å². The van der Waals surface area contributed by atoms with Gasteiger partial charge in [-0.15, -0.1) is 0 Å². The Bertz CT molecular complexity index is 1240. The fourth-order valence-corrected chi connectivity index (χ4v) is 3.95. The van der Waals surface area contributed by atoms with E-state index in [4.69, 9.17) is 0 Å². The van der Waals surface area contributed by atoms with Crippen LogP contribution >= 0.6 is 0 Å². The molecule has 0 aliphatic carbocycles. The van der Waals surface area contributed by atoms with Crippen molar-refractivity contribution in [2.24, 2.45) is 5.92 Å². The van der Waals surface area contributed by atoms with Gasteiger partial charge in [0.05, 0.1) is 11.6 Å². The van der Waals surface area contributed by atoms with Crippen molar-refractivity contribution in [3.8, 4) is 11.3 Å². The summed E-state index contributed by atoms with van der Waals surface area (Å²) in [6.45, 7) is 3.00. The summed E-state index contributed by atoms with van der Waals surface area (Å²) in [4.78, 5) is 35.7. The Morgan fingerprint density at radius 3 is 2.66 bits per heavy atom. The molecule has 0 radical (unpaired) electrons. The first-order chi connectivity index (χ1) is 15.5. The molecule has 1 saturated heterocycles. The molecule has 1 aliphatic heterocycles. The zero-order valence-electron chi connectivity index (χ0n) is 17.7. The number of nitrogens with one attached hydrogen (secondary N) is 1. The molecule has 0 spiro atoms. The predicted molar refractivity (Wildman–Crippen MR) is 122 cm³/mol. The van der Waals surface area contributed by atoms with Crippen molar-refractivity contribution < 1.29 is 9.59 Å². The van der Waals surface area contributed by atoms with Gasteiger partial charge in [-0.1, -0.05) is 42.0 Å². The Morgan fingerprint density at radius 2 is 1.91 bits per heavy atom. The topological polar surface area (TPSA) is 79.6 Å². The van der Waals surface area contributed by atoms with Gasteiger partial charge in [0.2, 0.25) is 17.6 Å². The summed E-state index contributed by atoms with van der Waals surface area (Å²) >= 11 is 0. The summed E-state index contributed by atoms with van der Waals surface area (Å²) in [5, 5.41) is 2.95. The molecule has 0 bridgehead atoms. The average Bonchev–Trinajstić information content (AvgIpc) is 3.39. The average molecular weight is 425 g/mol. The molecule has 1 atom stereocenters. The lowest BCUT2D eigenvalue weighted by Crippen LogP contribution is -2.28. The molecule has 3 heterocycles. The quantitative estimate of drug-likeness (QED) is 0.529. The molecule has 4 aromatic rings. The number of carbonyl (C=O) groups is 2. The van der Waals surface area contributed by atoms with E-state index in [9.17, 15) is 9.59 Å². The highest BCUT2D eigenvalue weighted by Crippen LogP contribution is 2.24. The van der Waals surface area contributed by atoms with Crippen molar-refractivity contribution >= 4 is 23.3 Å². The molecule has 1 N–H and O–H groups in total. The van der Waals surface area contributed by atoms with Crippen LogP contribution < -0.4 is 5.32 Å². The maximum absolute atomic E-state index is 12.8. The second-order valence-corrected chi connectivity index (χ2v) is 8.18. The van der Waals surface area contributed by atoms with Gasteiger partial charge in [0, 0.05) is 49.4 Å². The van der Waals surface area contributed by atoms with E-state index in [2.05, 4.69) is 15.3 Å². The maximum atomic E-state index is 12.8. The van der Waals surface area contributed by atoms with Crippen molar-refractivity contribution in [1.82, 2.24) is 19.3 Å². The fraction of sp³-hybridized carbons (Fsp3) is 0.200. The third kappa shape index (κ3) is 4.09. The van der Waals surface area contributed by atoms with E-state index in [0.717, 1.165) is 16.8 Å². The fourth-order valence-electron chi connectivity index (χ4n) is 3.95. The smallest absolute Gasteiger partial charge is 0.234 e. The van der Waals surface area contributed by atoms with Crippen LogP contribution in [0.1, 0.15) is 17.5 Å². The summed E-state index contributed by atoms with van der Waals surface area (Å²) in [5.41, 5.74) is 4.71. The van der Waals surface area contributed by atoms with Crippen molar-refractivity contribution in [2.45, 2.75) is 19.9 Å². The predicted octanol–water partition coefficient (Wildman–Crippen LogP) is 3.69. The molecule has 1 unspecified atom stereocenters. The van der Waals surface area contributed by atoms with E-state index in [0.29, 0.717) is 24.6 Å². The number of rotatable bonds is 5. The van der Waals surface area contributed by atoms with Crippen LogP contribution in [0.3, 0.4) is 0 Å². The molecule has 5 rings (SSSR count). The van der Waals surface area contributed by atoms with Gasteiger partial charge in [0.15, 0.2) is 0 Å². The summed E-state index contributed by atoms with van der Waals surface area (Å²) in [6, 6.07) is 17.5. The summed E-state index contributed by atoms with van der Waals surface area (Å²) < 4.78 is 1.87. The van der Waals surface area contributed by atoms with E-state index in [1.165, 1.54) is 5.56 Å². The van der Waals surface area contributed by atoms with Gasteiger partial charge in [0.1, 0.15) is 0 Å². The van der Waals surface area contributed by atoms with Gasteiger partial charge in [-0.2, -0.15) is 0 Å². The van der Waals surface area contributed by atoms with Crippen LogP contribution in [0.2, 0.25) is 0 Å². The molecular formula is C25H23N5O2. The van der Waals surface area contributed by atoms with Crippen LogP contribution in [-0.2, 0) is 16.1 Å². The van der Waals surface area contributed by atoms with Gasteiger partial charge in [-0.05, 0) is 30.7 Å². The number of aryl methyl sites for hydroxylation is 1. The number of anilines is 1. The van der Waals surface area contributed by atoms with Crippen LogP contribution in [0, 0.1) is 12.8 Å². The number of fused-ring (bicyclic) bond motifs is 1. The number of likely N-dealkylation sites (tertiary alicyclic amines) is 1.